The van der Waals surface area contributed by atoms with Gasteiger partial charge in [-0.15, -0.1) is 13.2 Å². The first kappa shape index (κ1) is 27.6. The van der Waals surface area contributed by atoms with E-state index in [9.17, 15) is 0 Å². The molecule has 5 rings (SSSR count). The minimum atomic E-state index is -0.226. The molecular weight excluding hydrogens is 490 g/mol. The van der Waals surface area contributed by atoms with Gasteiger partial charge in [-0.25, -0.2) is 0 Å². The fourth-order valence-electron chi connectivity index (χ4n) is 5.91. The van der Waals surface area contributed by atoms with Gasteiger partial charge in [0.2, 0.25) is 0 Å². The average Bonchev–Trinajstić information content (AvgIpc) is 3.25. The summed E-state index contributed by atoms with van der Waals surface area (Å²) in [4.78, 5) is 2.36. The molecule has 0 aliphatic heterocycles. The molecule has 4 aromatic rings. The molecule has 4 aromatic carbocycles. The first-order chi connectivity index (χ1) is 19.6. The zero-order valence-corrected chi connectivity index (χ0v) is 23.7. The van der Waals surface area contributed by atoms with Crippen LogP contribution in [0.4, 0.5) is 17.1 Å². The number of fused-ring (bicyclic) bond motifs is 3. The van der Waals surface area contributed by atoms with E-state index in [1.165, 1.54) is 33.4 Å². The highest BCUT2D eigenvalue weighted by molar-refractivity contribution is 5.85. The first-order valence-electron chi connectivity index (χ1n) is 14.1. The maximum Gasteiger partial charge on any atom is 0.0644 e. The lowest BCUT2D eigenvalue weighted by Crippen LogP contribution is -2.29. The third kappa shape index (κ3) is 5.54. The van der Waals surface area contributed by atoms with Crippen molar-refractivity contribution in [3.05, 3.63) is 139 Å². The highest BCUT2D eigenvalue weighted by Gasteiger charge is 2.43. The van der Waals surface area contributed by atoms with Crippen LogP contribution in [0.1, 0.15) is 35.1 Å². The van der Waals surface area contributed by atoms with Crippen molar-refractivity contribution < 1.29 is 9.47 Å². The second kappa shape index (κ2) is 12.5. The van der Waals surface area contributed by atoms with E-state index in [1.54, 1.807) is 0 Å². The Bertz CT molecular complexity index is 1390. The van der Waals surface area contributed by atoms with Crippen LogP contribution in [0.15, 0.2) is 116 Å². The van der Waals surface area contributed by atoms with Crippen LogP contribution in [0.25, 0.3) is 11.1 Å². The van der Waals surface area contributed by atoms with Gasteiger partial charge in [-0.3, -0.25) is 0 Å². The summed E-state index contributed by atoms with van der Waals surface area (Å²) in [6.07, 6.45) is 5.35. The van der Waals surface area contributed by atoms with Crippen LogP contribution < -0.4 is 4.90 Å². The van der Waals surface area contributed by atoms with Crippen LogP contribution in [0.5, 0.6) is 0 Å². The van der Waals surface area contributed by atoms with Crippen LogP contribution in [0.2, 0.25) is 0 Å². The van der Waals surface area contributed by atoms with Gasteiger partial charge in [0, 0.05) is 35.7 Å². The van der Waals surface area contributed by atoms with Gasteiger partial charge in [-0.05, 0) is 85.3 Å². The largest absolute Gasteiger partial charge is 0.377 e. The number of ether oxygens (including phenoxy) is 2. The van der Waals surface area contributed by atoms with Crippen molar-refractivity contribution in [2.75, 3.05) is 31.3 Å². The van der Waals surface area contributed by atoms with Gasteiger partial charge in [0.1, 0.15) is 0 Å². The predicted octanol–water partition coefficient (Wildman–Crippen LogP) is 9.23. The van der Waals surface area contributed by atoms with Gasteiger partial charge in [0.25, 0.3) is 0 Å². The Morgan fingerprint density at radius 1 is 0.625 bits per heavy atom. The molecule has 3 nitrogen and oxygen atoms in total. The standard InChI is InChI=1S/C37H39NO2/c1-5-23-39-25-21-37(22-26-40-24-6-2)35-10-8-7-9-33(35)34-20-19-32(27-36(34)37)38(30-15-11-28(3)12-16-30)31-17-13-29(4)14-18-31/h5-20,27H,1-2,21-26H2,3-4H3. The van der Waals surface area contributed by atoms with E-state index in [0.717, 1.165) is 29.9 Å². The van der Waals surface area contributed by atoms with E-state index in [2.05, 4.69) is 123 Å². The van der Waals surface area contributed by atoms with Crippen LogP contribution in [-0.4, -0.2) is 26.4 Å². The second-order valence-electron chi connectivity index (χ2n) is 10.6. The van der Waals surface area contributed by atoms with E-state index in [-0.39, 0.29) is 5.41 Å². The minimum absolute atomic E-state index is 0.226. The van der Waals surface area contributed by atoms with Crippen LogP contribution >= 0.6 is 0 Å². The van der Waals surface area contributed by atoms with Gasteiger partial charge in [-0.1, -0.05) is 77.9 Å². The molecule has 3 heteroatoms. The molecule has 40 heavy (non-hydrogen) atoms. The van der Waals surface area contributed by atoms with E-state index in [4.69, 9.17) is 9.47 Å². The van der Waals surface area contributed by atoms with Gasteiger partial charge < -0.3 is 14.4 Å². The number of anilines is 3. The summed E-state index contributed by atoms with van der Waals surface area (Å²) in [5, 5.41) is 0. The van der Waals surface area contributed by atoms with Gasteiger partial charge in [0.15, 0.2) is 0 Å². The SMILES string of the molecule is C=CCOCCC1(CCOCC=C)c2ccccc2-c2ccc(N(c3ccc(C)cc3)c3ccc(C)cc3)cc21. The molecule has 1 aliphatic rings. The quantitative estimate of drug-likeness (QED) is 0.127. The van der Waals surface area contributed by atoms with Crippen molar-refractivity contribution in [2.24, 2.45) is 0 Å². The molecule has 1 aliphatic carbocycles. The summed E-state index contributed by atoms with van der Waals surface area (Å²) >= 11 is 0. The fourth-order valence-corrected chi connectivity index (χ4v) is 5.91. The maximum atomic E-state index is 5.98. The summed E-state index contributed by atoms with van der Waals surface area (Å²) < 4.78 is 12.0. The predicted molar refractivity (Wildman–Crippen MR) is 168 cm³/mol. The van der Waals surface area contributed by atoms with Crippen LogP contribution in [0.3, 0.4) is 0 Å². The molecule has 0 spiro atoms. The minimum Gasteiger partial charge on any atom is -0.377 e. The van der Waals surface area contributed by atoms with E-state index < -0.39 is 0 Å². The summed E-state index contributed by atoms with van der Waals surface area (Å²) in [7, 11) is 0. The highest BCUT2D eigenvalue weighted by atomic mass is 16.5. The van der Waals surface area contributed by atoms with Crippen molar-refractivity contribution in [1.82, 2.24) is 0 Å². The van der Waals surface area contributed by atoms with Crippen LogP contribution in [-0.2, 0) is 14.9 Å². The number of nitrogens with zero attached hydrogens (tertiary/aromatic N) is 1. The topological polar surface area (TPSA) is 21.7 Å². The molecule has 0 atom stereocenters. The average molecular weight is 530 g/mol. The Labute approximate surface area is 239 Å². The molecule has 0 bridgehead atoms. The lowest BCUT2D eigenvalue weighted by atomic mass is 9.73. The Hall–Kier alpha value is -3.92. The third-order valence-corrected chi connectivity index (χ3v) is 7.91. The van der Waals surface area contributed by atoms with E-state index >= 15 is 0 Å². The number of benzene rings is 4. The molecule has 0 N–H and O–H groups in total. The first-order valence-corrected chi connectivity index (χ1v) is 14.1. The lowest BCUT2D eigenvalue weighted by Gasteiger charge is -2.33. The van der Waals surface area contributed by atoms with Crippen molar-refractivity contribution in [3.8, 4) is 11.1 Å². The molecule has 0 radical (unpaired) electrons. The smallest absolute Gasteiger partial charge is 0.0644 e. The monoisotopic (exact) mass is 529 g/mol. The van der Waals surface area contributed by atoms with E-state index in [1.807, 2.05) is 12.2 Å². The van der Waals surface area contributed by atoms with Crippen molar-refractivity contribution in [2.45, 2.75) is 32.1 Å². The Balaban J connectivity index is 1.65. The van der Waals surface area contributed by atoms with Crippen molar-refractivity contribution in [3.63, 3.8) is 0 Å². The molecule has 204 valence electrons. The Kier molecular flexibility index (Phi) is 8.64. The van der Waals surface area contributed by atoms with Gasteiger partial charge >= 0.3 is 0 Å². The number of aryl methyl sites for hydroxylation is 2. The zero-order chi connectivity index (χ0) is 28.0. The van der Waals surface area contributed by atoms with E-state index in [0.29, 0.717) is 26.4 Å². The van der Waals surface area contributed by atoms with Gasteiger partial charge in [0.05, 0.1) is 13.2 Å². The van der Waals surface area contributed by atoms with Gasteiger partial charge in [-0.2, -0.15) is 0 Å². The highest BCUT2D eigenvalue weighted by Crippen LogP contribution is 2.54. The molecule has 0 saturated heterocycles. The normalized spacial score (nSPS) is 12.9. The molecule has 0 unspecified atom stereocenters. The zero-order valence-electron chi connectivity index (χ0n) is 23.7. The molecular formula is C37H39NO2. The van der Waals surface area contributed by atoms with Crippen molar-refractivity contribution >= 4 is 17.1 Å². The second-order valence-corrected chi connectivity index (χ2v) is 10.6. The Morgan fingerprint density at radius 3 is 1.68 bits per heavy atom. The summed E-state index contributed by atoms with van der Waals surface area (Å²) in [6, 6.07) is 33.3. The summed E-state index contributed by atoms with van der Waals surface area (Å²) in [5.41, 5.74) is 11.0. The maximum absolute atomic E-state index is 5.98. The fraction of sp³-hybridized carbons (Fsp3) is 0.243. The summed E-state index contributed by atoms with van der Waals surface area (Å²) in [6.45, 7) is 14.3. The molecule has 0 heterocycles. The van der Waals surface area contributed by atoms with Crippen LogP contribution in [0, 0.1) is 13.8 Å². The third-order valence-electron chi connectivity index (χ3n) is 7.91. The number of hydrogen-bond acceptors (Lipinski definition) is 3. The summed E-state index contributed by atoms with van der Waals surface area (Å²) in [5.74, 6) is 0. The molecule has 0 fully saturated rings. The molecule has 0 aromatic heterocycles. The lowest BCUT2D eigenvalue weighted by molar-refractivity contribution is 0.117. The molecule has 0 saturated carbocycles. The van der Waals surface area contributed by atoms with Crippen molar-refractivity contribution in [1.29, 1.82) is 0 Å². The number of hydrogen-bond donors (Lipinski definition) is 0. The Morgan fingerprint density at radius 2 is 1.12 bits per heavy atom. The number of rotatable bonds is 13. The molecule has 0 amide bonds.